The third-order valence-corrected chi connectivity index (χ3v) is 3.84. The first-order chi connectivity index (χ1) is 13.1. The number of carbonyl (C=O) groups excluding carboxylic acids is 2. The second-order valence-electron chi connectivity index (χ2n) is 5.75. The minimum absolute atomic E-state index is 0.0620. The van der Waals surface area contributed by atoms with Crippen LogP contribution in [0.5, 0.6) is 0 Å². The lowest BCUT2D eigenvalue weighted by atomic mass is 10.1. The molecule has 0 fully saturated rings. The Morgan fingerprint density at radius 1 is 0.852 bits per heavy atom. The lowest BCUT2D eigenvalue weighted by molar-refractivity contribution is -0.148. The molecule has 0 unspecified atom stereocenters. The van der Waals surface area contributed by atoms with Gasteiger partial charge in [0.1, 0.15) is 18.8 Å². The van der Waals surface area contributed by atoms with Gasteiger partial charge in [-0.15, -0.1) is 0 Å². The molecule has 4 heteroatoms. The van der Waals surface area contributed by atoms with E-state index >= 15 is 0 Å². The van der Waals surface area contributed by atoms with E-state index in [0.29, 0.717) is 0 Å². The molecule has 0 heterocycles. The number of hydrogen-bond donors (Lipinski definition) is 0. The van der Waals surface area contributed by atoms with Gasteiger partial charge in [0.05, 0.1) is 0 Å². The number of esters is 2. The van der Waals surface area contributed by atoms with Gasteiger partial charge in [-0.3, -0.25) is 0 Å². The van der Waals surface area contributed by atoms with E-state index < -0.39 is 11.9 Å². The Morgan fingerprint density at radius 3 is 1.67 bits per heavy atom. The number of allylic oxidation sites excluding steroid dienone is 1. The summed E-state index contributed by atoms with van der Waals surface area (Å²) in [5, 5.41) is 0. The Labute approximate surface area is 159 Å². The van der Waals surface area contributed by atoms with Gasteiger partial charge in [0.15, 0.2) is 0 Å². The van der Waals surface area contributed by atoms with Crippen LogP contribution < -0.4 is 0 Å². The van der Waals surface area contributed by atoms with Crippen LogP contribution >= 0.6 is 0 Å². The van der Waals surface area contributed by atoms with Crippen LogP contribution in [-0.4, -0.2) is 11.9 Å². The van der Waals surface area contributed by atoms with Gasteiger partial charge in [0.25, 0.3) is 0 Å². The predicted octanol–water partition coefficient (Wildman–Crippen LogP) is 4.71. The first-order valence-corrected chi connectivity index (χ1v) is 8.50. The largest absolute Gasteiger partial charge is 0.457 e. The van der Waals surface area contributed by atoms with E-state index in [2.05, 4.69) is 13.2 Å². The highest BCUT2D eigenvalue weighted by Gasteiger charge is 2.20. The molecule has 2 aromatic rings. The summed E-state index contributed by atoms with van der Waals surface area (Å²) < 4.78 is 10.5. The smallest absolute Gasteiger partial charge is 0.345 e. The minimum Gasteiger partial charge on any atom is -0.457 e. The molecule has 0 aliphatic heterocycles. The maximum Gasteiger partial charge on any atom is 0.345 e. The molecule has 27 heavy (non-hydrogen) atoms. The highest BCUT2D eigenvalue weighted by Crippen LogP contribution is 2.12. The van der Waals surface area contributed by atoms with Gasteiger partial charge in [-0.1, -0.05) is 67.8 Å². The van der Waals surface area contributed by atoms with Crippen molar-refractivity contribution in [3.05, 3.63) is 95.6 Å². The predicted molar refractivity (Wildman–Crippen MR) is 106 cm³/mol. The summed E-state index contributed by atoms with van der Waals surface area (Å²) in [6, 6.07) is 14.9. The Balaban J connectivity index is 1.93. The van der Waals surface area contributed by atoms with E-state index in [-0.39, 0.29) is 18.8 Å². The molecule has 138 valence electrons. The molecular weight excluding hydrogens is 340 g/mol. The second-order valence-corrected chi connectivity index (χ2v) is 5.75. The van der Waals surface area contributed by atoms with Crippen LogP contribution in [0.4, 0.5) is 0 Å². The van der Waals surface area contributed by atoms with E-state index in [1.807, 2.05) is 48.5 Å². The molecule has 0 atom stereocenters. The molecule has 0 bridgehead atoms. The zero-order valence-corrected chi connectivity index (χ0v) is 15.3. The fraction of sp³-hybridized carbons (Fsp3) is 0.130. The van der Waals surface area contributed by atoms with E-state index in [1.54, 1.807) is 19.1 Å². The number of carbonyl (C=O) groups is 2. The SMILES string of the molecule is C=Cc1cccc(COC(=O)C(=CC)C(=O)OCc2cccc(C=C)c2)c1. The van der Waals surface area contributed by atoms with Crippen molar-refractivity contribution in [3.63, 3.8) is 0 Å². The fourth-order valence-corrected chi connectivity index (χ4v) is 2.39. The Hall–Kier alpha value is -3.40. The standard InChI is InChI=1S/C23H22O4/c1-4-17-9-7-11-19(13-17)15-26-22(24)21(6-3)23(25)27-16-20-12-8-10-18(5-2)14-20/h4-14H,1-2,15-16H2,3H3. The van der Waals surface area contributed by atoms with Gasteiger partial charge in [-0.25, -0.2) is 9.59 Å². The molecule has 0 aliphatic carbocycles. The molecule has 4 nitrogen and oxygen atoms in total. The summed E-state index contributed by atoms with van der Waals surface area (Å²) in [4.78, 5) is 24.5. The van der Waals surface area contributed by atoms with Crippen LogP contribution in [0.25, 0.3) is 12.2 Å². The Kier molecular flexibility index (Phi) is 7.32. The average Bonchev–Trinajstić information content (AvgIpc) is 2.71. The van der Waals surface area contributed by atoms with Gasteiger partial charge in [-0.2, -0.15) is 0 Å². The zero-order valence-electron chi connectivity index (χ0n) is 15.3. The van der Waals surface area contributed by atoms with Crippen molar-refractivity contribution in [3.8, 4) is 0 Å². The van der Waals surface area contributed by atoms with Crippen molar-refractivity contribution in [1.29, 1.82) is 0 Å². The molecule has 0 aromatic heterocycles. The molecule has 0 radical (unpaired) electrons. The molecule has 0 amide bonds. The van der Waals surface area contributed by atoms with Crippen molar-refractivity contribution in [2.75, 3.05) is 0 Å². The molecule has 2 rings (SSSR count). The monoisotopic (exact) mass is 362 g/mol. The molecule has 0 spiro atoms. The maximum absolute atomic E-state index is 12.2. The van der Waals surface area contributed by atoms with Gasteiger partial charge in [-0.05, 0) is 41.3 Å². The van der Waals surface area contributed by atoms with Gasteiger partial charge < -0.3 is 9.47 Å². The summed E-state index contributed by atoms with van der Waals surface area (Å²) in [5.41, 5.74) is 3.35. The van der Waals surface area contributed by atoms with Crippen molar-refractivity contribution >= 4 is 24.1 Å². The normalized spacial score (nSPS) is 9.81. The molecular formula is C23H22O4. The van der Waals surface area contributed by atoms with Crippen LogP contribution in [0.1, 0.15) is 29.2 Å². The van der Waals surface area contributed by atoms with E-state index in [1.165, 1.54) is 6.08 Å². The molecule has 0 saturated heterocycles. The molecule has 2 aromatic carbocycles. The Morgan fingerprint density at radius 2 is 1.30 bits per heavy atom. The summed E-state index contributed by atoms with van der Waals surface area (Å²) >= 11 is 0. The molecule has 0 saturated carbocycles. The highest BCUT2D eigenvalue weighted by molar-refractivity contribution is 6.13. The summed E-state index contributed by atoms with van der Waals surface area (Å²) in [5.74, 6) is -1.43. The third-order valence-electron chi connectivity index (χ3n) is 3.84. The van der Waals surface area contributed by atoms with E-state index in [0.717, 1.165) is 22.3 Å². The summed E-state index contributed by atoms with van der Waals surface area (Å²) in [6.07, 6.45) is 4.81. The number of rotatable bonds is 8. The van der Waals surface area contributed by atoms with Gasteiger partial charge in [0.2, 0.25) is 0 Å². The first kappa shape index (κ1) is 19.9. The average molecular weight is 362 g/mol. The van der Waals surface area contributed by atoms with Gasteiger partial charge >= 0.3 is 11.9 Å². The van der Waals surface area contributed by atoms with Crippen molar-refractivity contribution in [2.45, 2.75) is 20.1 Å². The van der Waals surface area contributed by atoms with Crippen LogP contribution in [0.3, 0.4) is 0 Å². The summed E-state index contributed by atoms with van der Waals surface area (Å²) in [7, 11) is 0. The molecule has 0 N–H and O–H groups in total. The Bertz CT molecular complexity index is 808. The second kappa shape index (κ2) is 9.92. The lowest BCUT2D eigenvalue weighted by Crippen LogP contribution is -2.18. The summed E-state index contributed by atoms with van der Waals surface area (Å²) in [6.45, 7) is 9.13. The minimum atomic E-state index is -0.716. The number of benzene rings is 2. The van der Waals surface area contributed by atoms with Crippen molar-refractivity contribution in [2.24, 2.45) is 0 Å². The van der Waals surface area contributed by atoms with Crippen LogP contribution in [-0.2, 0) is 32.3 Å². The zero-order chi connectivity index (χ0) is 19.6. The van der Waals surface area contributed by atoms with E-state index in [4.69, 9.17) is 9.47 Å². The topological polar surface area (TPSA) is 52.6 Å². The van der Waals surface area contributed by atoms with E-state index in [9.17, 15) is 9.59 Å². The molecule has 0 aliphatic rings. The van der Waals surface area contributed by atoms with Crippen molar-refractivity contribution < 1.29 is 19.1 Å². The first-order valence-electron chi connectivity index (χ1n) is 8.50. The van der Waals surface area contributed by atoms with Crippen molar-refractivity contribution in [1.82, 2.24) is 0 Å². The fourth-order valence-electron chi connectivity index (χ4n) is 2.39. The third kappa shape index (κ3) is 5.82. The number of hydrogen-bond acceptors (Lipinski definition) is 4. The maximum atomic E-state index is 12.2. The highest BCUT2D eigenvalue weighted by atomic mass is 16.6. The quantitative estimate of drug-likeness (QED) is 0.295. The number of ether oxygens (including phenoxy) is 2. The van der Waals surface area contributed by atoms with Crippen LogP contribution in [0.2, 0.25) is 0 Å². The van der Waals surface area contributed by atoms with Gasteiger partial charge in [0, 0.05) is 0 Å². The lowest BCUT2D eigenvalue weighted by Gasteiger charge is -2.09. The van der Waals surface area contributed by atoms with Crippen LogP contribution in [0.15, 0.2) is 73.3 Å². The van der Waals surface area contributed by atoms with Crippen LogP contribution in [0, 0.1) is 0 Å².